The number of carbonyl (C=O) groups excluding carboxylic acids is 1. The molecule has 2 aromatic carbocycles. The van der Waals surface area contributed by atoms with E-state index in [1.165, 1.54) is 0 Å². The SMILES string of the molecule is CC(C)(C)OC(=O)NCc1ncc(-c2ccc3cc(C#C[Si](C)(C)C)ccc3c2)[nH]1. The predicted molar refractivity (Wildman–Crippen MR) is 125 cm³/mol. The molecule has 1 amide bonds. The number of aromatic nitrogens is 2. The van der Waals surface area contributed by atoms with Crippen molar-refractivity contribution in [3.8, 4) is 22.7 Å². The molecule has 0 aliphatic carbocycles. The van der Waals surface area contributed by atoms with Crippen molar-refractivity contribution in [2.24, 2.45) is 0 Å². The molecule has 0 unspecified atom stereocenters. The van der Waals surface area contributed by atoms with Crippen LogP contribution in [-0.2, 0) is 11.3 Å². The molecular weight excluding hydrogens is 390 g/mol. The van der Waals surface area contributed by atoms with Crippen LogP contribution in [0.15, 0.2) is 42.6 Å². The summed E-state index contributed by atoms with van der Waals surface area (Å²) in [6.45, 7) is 12.5. The fraction of sp³-hybridized carbons (Fsp3) is 0.333. The summed E-state index contributed by atoms with van der Waals surface area (Å²) >= 11 is 0. The first-order valence-corrected chi connectivity index (χ1v) is 13.6. The minimum atomic E-state index is -1.39. The molecule has 0 spiro atoms. The fourth-order valence-electron chi connectivity index (χ4n) is 2.82. The van der Waals surface area contributed by atoms with Gasteiger partial charge in [-0.05, 0) is 49.7 Å². The van der Waals surface area contributed by atoms with Crippen molar-refractivity contribution in [1.29, 1.82) is 0 Å². The van der Waals surface area contributed by atoms with Crippen LogP contribution in [0.2, 0.25) is 19.6 Å². The van der Waals surface area contributed by atoms with Gasteiger partial charge >= 0.3 is 6.09 Å². The van der Waals surface area contributed by atoms with E-state index in [-0.39, 0.29) is 6.54 Å². The Balaban J connectivity index is 1.73. The lowest BCUT2D eigenvalue weighted by Gasteiger charge is -2.19. The first-order valence-electron chi connectivity index (χ1n) is 10.1. The molecule has 3 aromatic rings. The summed E-state index contributed by atoms with van der Waals surface area (Å²) in [5, 5.41) is 5.02. The standard InChI is InChI=1S/C24H29N3O2Si/c1-24(2,3)29-23(28)26-16-22-25-15-21(27-22)20-10-9-18-13-17(7-8-19(18)14-20)11-12-30(4,5)6/h7-10,13-15H,16H2,1-6H3,(H,25,27)(H,26,28). The number of alkyl carbamates (subject to hydrolysis) is 1. The summed E-state index contributed by atoms with van der Waals surface area (Å²) in [7, 11) is -1.39. The van der Waals surface area contributed by atoms with Gasteiger partial charge in [-0.2, -0.15) is 0 Å². The highest BCUT2D eigenvalue weighted by Gasteiger charge is 2.16. The number of H-pyrrole nitrogens is 1. The van der Waals surface area contributed by atoms with Crippen LogP contribution < -0.4 is 5.32 Å². The highest BCUT2D eigenvalue weighted by molar-refractivity contribution is 6.83. The Hall–Kier alpha value is -3.04. The highest BCUT2D eigenvalue weighted by Crippen LogP contribution is 2.24. The summed E-state index contributed by atoms with van der Waals surface area (Å²) in [4.78, 5) is 19.4. The van der Waals surface area contributed by atoms with Crippen molar-refractivity contribution in [3.05, 3.63) is 54.0 Å². The van der Waals surface area contributed by atoms with Gasteiger partial charge in [0.25, 0.3) is 0 Å². The summed E-state index contributed by atoms with van der Waals surface area (Å²) in [5.41, 5.74) is 5.88. The molecule has 156 valence electrons. The number of amides is 1. The van der Waals surface area contributed by atoms with Crippen LogP contribution in [0.3, 0.4) is 0 Å². The number of ether oxygens (including phenoxy) is 1. The molecule has 1 heterocycles. The molecule has 30 heavy (non-hydrogen) atoms. The Morgan fingerprint density at radius 2 is 1.83 bits per heavy atom. The minimum absolute atomic E-state index is 0.279. The number of imidazole rings is 1. The number of fused-ring (bicyclic) bond motifs is 1. The van der Waals surface area contributed by atoms with Crippen LogP contribution >= 0.6 is 0 Å². The van der Waals surface area contributed by atoms with E-state index < -0.39 is 19.8 Å². The van der Waals surface area contributed by atoms with Crippen molar-refractivity contribution in [3.63, 3.8) is 0 Å². The number of hydrogen-bond donors (Lipinski definition) is 2. The van der Waals surface area contributed by atoms with Gasteiger partial charge in [0, 0.05) is 11.1 Å². The normalized spacial score (nSPS) is 11.7. The molecule has 6 heteroatoms. The zero-order valence-electron chi connectivity index (χ0n) is 18.5. The highest BCUT2D eigenvalue weighted by atomic mass is 28.3. The number of nitrogens with zero attached hydrogens (tertiary/aromatic N) is 1. The molecule has 0 radical (unpaired) electrons. The zero-order chi connectivity index (χ0) is 21.9. The van der Waals surface area contributed by atoms with Gasteiger partial charge < -0.3 is 15.0 Å². The number of aromatic amines is 1. The van der Waals surface area contributed by atoms with Gasteiger partial charge in [0.05, 0.1) is 18.4 Å². The largest absolute Gasteiger partial charge is 0.444 e. The molecular formula is C24H29N3O2Si. The molecule has 0 aliphatic rings. The molecule has 1 aromatic heterocycles. The first kappa shape index (κ1) is 21.7. The van der Waals surface area contributed by atoms with E-state index in [1.807, 2.05) is 20.8 Å². The number of benzene rings is 2. The molecule has 0 fully saturated rings. The van der Waals surface area contributed by atoms with Gasteiger partial charge in [-0.15, -0.1) is 5.54 Å². The molecule has 2 N–H and O–H groups in total. The summed E-state index contributed by atoms with van der Waals surface area (Å²) < 4.78 is 5.25. The summed E-state index contributed by atoms with van der Waals surface area (Å²) in [6, 6.07) is 12.6. The molecule has 0 aliphatic heterocycles. The van der Waals surface area contributed by atoms with Gasteiger partial charge in [0.15, 0.2) is 0 Å². The van der Waals surface area contributed by atoms with Crippen LogP contribution in [0, 0.1) is 11.5 Å². The van der Waals surface area contributed by atoms with Crippen molar-refractivity contribution in [2.45, 2.75) is 52.6 Å². The lowest BCUT2D eigenvalue weighted by atomic mass is 10.0. The first-order chi connectivity index (χ1) is 14.0. The molecule has 5 nitrogen and oxygen atoms in total. The maximum atomic E-state index is 11.8. The van der Waals surface area contributed by atoms with Gasteiger partial charge in [-0.25, -0.2) is 9.78 Å². The Labute approximate surface area is 179 Å². The van der Waals surface area contributed by atoms with Gasteiger partial charge in [0.1, 0.15) is 19.5 Å². The van der Waals surface area contributed by atoms with Crippen LogP contribution in [0.4, 0.5) is 4.79 Å². The zero-order valence-corrected chi connectivity index (χ0v) is 19.5. The molecule has 0 saturated carbocycles. The lowest BCUT2D eigenvalue weighted by Crippen LogP contribution is -2.32. The van der Waals surface area contributed by atoms with E-state index in [0.29, 0.717) is 5.82 Å². The second-order valence-electron chi connectivity index (χ2n) is 9.38. The second kappa shape index (κ2) is 8.37. The van der Waals surface area contributed by atoms with Crippen molar-refractivity contribution < 1.29 is 9.53 Å². The maximum Gasteiger partial charge on any atom is 0.408 e. The van der Waals surface area contributed by atoms with Crippen molar-refractivity contribution in [1.82, 2.24) is 15.3 Å². The number of carbonyl (C=O) groups is 1. The molecule has 0 saturated heterocycles. The second-order valence-corrected chi connectivity index (χ2v) is 14.1. The van der Waals surface area contributed by atoms with E-state index in [9.17, 15) is 4.79 Å². The van der Waals surface area contributed by atoms with E-state index in [4.69, 9.17) is 4.74 Å². The van der Waals surface area contributed by atoms with Gasteiger partial charge in [-0.3, -0.25) is 0 Å². The monoisotopic (exact) mass is 419 g/mol. The third-order valence-corrected chi connectivity index (χ3v) is 5.04. The average Bonchev–Trinajstić information content (AvgIpc) is 3.11. The topological polar surface area (TPSA) is 67.0 Å². The van der Waals surface area contributed by atoms with Crippen molar-refractivity contribution in [2.75, 3.05) is 0 Å². The van der Waals surface area contributed by atoms with E-state index >= 15 is 0 Å². The van der Waals surface area contributed by atoms with Gasteiger partial charge in [-0.1, -0.05) is 43.8 Å². The Kier molecular flexibility index (Phi) is 6.04. The molecule has 0 atom stereocenters. The molecule has 0 bridgehead atoms. The van der Waals surface area contributed by atoms with Crippen LogP contribution in [0.25, 0.3) is 22.0 Å². The number of hydrogen-bond acceptors (Lipinski definition) is 3. The summed E-state index contributed by atoms with van der Waals surface area (Å²) in [6.07, 6.45) is 1.32. The van der Waals surface area contributed by atoms with Crippen LogP contribution in [0.1, 0.15) is 32.2 Å². The third-order valence-electron chi connectivity index (χ3n) is 4.16. The van der Waals surface area contributed by atoms with Crippen molar-refractivity contribution >= 4 is 24.9 Å². The smallest absolute Gasteiger partial charge is 0.408 e. The van der Waals surface area contributed by atoms with Crippen LogP contribution in [0.5, 0.6) is 0 Å². The average molecular weight is 420 g/mol. The predicted octanol–water partition coefficient (Wildman–Crippen LogP) is 5.48. The Bertz CT molecular complexity index is 1130. The fourth-order valence-corrected chi connectivity index (χ4v) is 3.34. The van der Waals surface area contributed by atoms with E-state index in [2.05, 4.69) is 82.8 Å². The van der Waals surface area contributed by atoms with E-state index in [1.54, 1.807) is 6.20 Å². The Morgan fingerprint density at radius 3 is 2.53 bits per heavy atom. The number of rotatable bonds is 3. The lowest BCUT2D eigenvalue weighted by molar-refractivity contribution is 0.0522. The van der Waals surface area contributed by atoms with E-state index in [0.717, 1.165) is 27.6 Å². The third kappa shape index (κ3) is 6.23. The minimum Gasteiger partial charge on any atom is -0.444 e. The Morgan fingerprint density at radius 1 is 1.13 bits per heavy atom. The number of nitrogens with one attached hydrogen (secondary N) is 2. The maximum absolute atomic E-state index is 11.8. The van der Waals surface area contributed by atoms with Gasteiger partial charge in [0.2, 0.25) is 0 Å². The van der Waals surface area contributed by atoms with Crippen LogP contribution in [-0.4, -0.2) is 29.7 Å². The molecule has 3 rings (SSSR count). The summed E-state index contributed by atoms with van der Waals surface area (Å²) in [5.74, 6) is 3.99. The quantitative estimate of drug-likeness (QED) is 0.436.